The summed E-state index contributed by atoms with van der Waals surface area (Å²) in [6, 6.07) is 1.49. The lowest BCUT2D eigenvalue weighted by atomic mass is 9.93. The quantitative estimate of drug-likeness (QED) is 0.772. The Balaban J connectivity index is 1.73. The largest absolute Gasteiger partial charge is 0.310 e. The number of rotatable bonds is 5. The van der Waals surface area contributed by atoms with E-state index in [9.17, 15) is 0 Å². The molecule has 0 radical (unpaired) electrons. The van der Waals surface area contributed by atoms with Gasteiger partial charge in [0.15, 0.2) is 0 Å². The van der Waals surface area contributed by atoms with Gasteiger partial charge < -0.3 is 10.2 Å². The van der Waals surface area contributed by atoms with Crippen molar-refractivity contribution < 1.29 is 0 Å². The van der Waals surface area contributed by atoms with E-state index in [0.29, 0.717) is 6.04 Å². The van der Waals surface area contributed by atoms with Crippen LogP contribution >= 0.6 is 11.8 Å². The predicted octanol–water partition coefficient (Wildman–Crippen LogP) is 1.81. The van der Waals surface area contributed by atoms with Crippen molar-refractivity contribution in [2.45, 2.75) is 38.8 Å². The molecule has 15 heavy (non-hydrogen) atoms. The minimum atomic E-state index is 0.687. The SMILES string of the molecule is CCSCC(C)NC1CCN2CCC1C2. The molecule has 2 nitrogen and oxygen atoms in total. The van der Waals surface area contributed by atoms with E-state index in [1.165, 1.54) is 44.0 Å². The summed E-state index contributed by atoms with van der Waals surface area (Å²) < 4.78 is 0. The molecule has 2 heterocycles. The Bertz CT molecular complexity index is 198. The molecule has 2 saturated heterocycles. The van der Waals surface area contributed by atoms with Crippen molar-refractivity contribution in [3.05, 3.63) is 0 Å². The number of hydrogen-bond acceptors (Lipinski definition) is 3. The summed E-state index contributed by atoms with van der Waals surface area (Å²) in [4.78, 5) is 2.62. The van der Waals surface area contributed by atoms with Crippen molar-refractivity contribution in [2.24, 2.45) is 5.92 Å². The van der Waals surface area contributed by atoms with Crippen molar-refractivity contribution in [2.75, 3.05) is 31.1 Å². The molecule has 3 heteroatoms. The number of piperidine rings is 1. The second kappa shape index (κ2) is 5.55. The lowest BCUT2D eigenvalue weighted by molar-refractivity contribution is 0.214. The Kier molecular flexibility index (Phi) is 4.35. The fourth-order valence-corrected chi connectivity index (χ4v) is 3.56. The summed E-state index contributed by atoms with van der Waals surface area (Å²) in [6.07, 6.45) is 2.79. The second-order valence-corrected chi connectivity index (χ2v) is 6.29. The molecule has 0 aromatic heterocycles. The zero-order chi connectivity index (χ0) is 10.7. The van der Waals surface area contributed by atoms with Gasteiger partial charge in [0.05, 0.1) is 0 Å². The van der Waals surface area contributed by atoms with Crippen LogP contribution in [0.2, 0.25) is 0 Å². The molecule has 0 aromatic carbocycles. The summed E-state index contributed by atoms with van der Waals surface area (Å²) in [5.41, 5.74) is 0. The zero-order valence-electron chi connectivity index (χ0n) is 10.0. The first-order valence-electron chi connectivity index (χ1n) is 6.35. The lowest BCUT2D eigenvalue weighted by Crippen LogP contribution is -2.47. The summed E-state index contributed by atoms with van der Waals surface area (Å²) in [5, 5.41) is 3.83. The van der Waals surface area contributed by atoms with E-state index in [2.05, 4.69) is 35.8 Å². The van der Waals surface area contributed by atoms with Crippen molar-refractivity contribution in [3.8, 4) is 0 Å². The van der Waals surface area contributed by atoms with E-state index in [0.717, 1.165) is 12.0 Å². The molecule has 88 valence electrons. The third kappa shape index (κ3) is 3.11. The van der Waals surface area contributed by atoms with Gasteiger partial charge >= 0.3 is 0 Å². The van der Waals surface area contributed by atoms with Gasteiger partial charge in [0.2, 0.25) is 0 Å². The van der Waals surface area contributed by atoms with Gasteiger partial charge in [-0.1, -0.05) is 6.92 Å². The van der Waals surface area contributed by atoms with Crippen LogP contribution in [0.1, 0.15) is 26.7 Å². The summed E-state index contributed by atoms with van der Waals surface area (Å²) in [7, 11) is 0. The van der Waals surface area contributed by atoms with E-state index in [1.807, 2.05) is 0 Å². The summed E-state index contributed by atoms with van der Waals surface area (Å²) in [5.74, 6) is 3.45. The average molecular weight is 228 g/mol. The first-order chi connectivity index (χ1) is 7.29. The fourth-order valence-electron chi connectivity index (χ4n) is 2.88. The molecule has 2 rings (SSSR count). The smallest absolute Gasteiger partial charge is 0.0132 e. The van der Waals surface area contributed by atoms with Gasteiger partial charge in [-0.2, -0.15) is 11.8 Å². The van der Waals surface area contributed by atoms with Crippen molar-refractivity contribution in [1.29, 1.82) is 0 Å². The van der Waals surface area contributed by atoms with Crippen LogP contribution in [-0.2, 0) is 0 Å². The summed E-state index contributed by atoms with van der Waals surface area (Å²) in [6.45, 7) is 8.60. The van der Waals surface area contributed by atoms with Crippen LogP contribution < -0.4 is 5.32 Å². The van der Waals surface area contributed by atoms with Gasteiger partial charge in [0, 0.05) is 24.4 Å². The molecular formula is C12H24N2S. The topological polar surface area (TPSA) is 15.3 Å². The standard InChI is InChI=1S/C12H24N2S/c1-3-15-9-10(2)13-12-5-7-14-6-4-11(12)8-14/h10-13H,3-9H2,1-2H3. The Labute approximate surface area is 98.2 Å². The maximum absolute atomic E-state index is 3.83. The first kappa shape index (κ1) is 11.7. The molecule has 2 fully saturated rings. The van der Waals surface area contributed by atoms with Crippen LogP contribution in [0.5, 0.6) is 0 Å². The van der Waals surface area contributed by atoms with Gasteiger partial charge in [-0.15, -0.1) is 0 Å². The zero-order valence-corrected chi connectivity index (χ0v) is 10.9. The fraction of sp³-hybridized carbons (Fsp3) is 1.00. The third-order valence-corrected chi connectivity index (χ3v) is 4.85. The van der Waals surface area contributed by atoms with Gasteiger partial charge in [-0.3, -0.25) is 0 Å². The first-order valence-corrected chi connectivity index (χ1v) is 7.51. The van der Waals surface area contributed by atoms with Gasteiger partial charge in [-0.05, 0) is 44.5 Å². The van der Waals surface area contributed by atoms with Crippen LogP contribution in [-0.4, -0.2) is 48.1 Å². The molecule has 0 aromatic rings. The number of thioether (sulfide) groups is 1. The van der Waals surface area contributed by atoms with E-state index in [-0.39, 0.29) is 0 Å². The third-order valence-electron chi connectivity index (χ3n) is 3.70. The highest BCUT2D eigenvalue weighted by molar-refractivity contribution is 7.99. The average Bonchev–Trinajstić information content (AvgIpc) is 2.63. The van der Waals surface area contributed by atoms with Crippen LogP contribution in [0, 0.1) is 5.92 Å². The predicted molar refractivity (Wildman–Crippen MR) is 68.5 cm³/mol. The Hall–Kier alpha value is 0.270. The van der Waals surface area contributed by atoms with Gasteiger partial charge in [-0.25, -0.2) is 0 Å². The second-order valence-electron chi connectivity index (χ2n) is 4.97. The monoisotopic (exact) mass is 228 g/mol. The number of fused-ring (bicyclic) bond motifs is 2. The molecule has 0 aliphatic carbocycles. The van der Waals surface area contributed by atoms with Crippen molar-refractivity contribution in [1.82, 2.24) is 10.2 Å². The molecule has 0 amide bonds. The molecule has 1 N–H and O–H groups in total. The minimum absolute atomic E-state index is 0.687. The molecule has 2 aliphatic heterocycles. The molecule has 2 bridgehead atoms. The van der Waals surface area contributed by atoms with E-state index >= 15 is 0 Å². The number of hydrogen-bond donors (Lipinski definition) is 1. The maximum atomic E-state index is 3.83. The van der Waals surface area contributed by atoms with E-state index < -0.39 is 0 Å². The van der Waals surface area contributed by atoms with Crippen LogP contribution in [0.25, 0.3) is 0 Å². The number of nitrogens with one attached hydrogen (secondary N) is 1. The van der Waals surface area contributed by atoms with Crippen LogP contribution in [0.3, 0.4) is 0 Å². The van der Waals surface area contributed by atoms with Gasteiger partial charge in [0.1, 0.15) is 0 Å². The minimum Gasteiger partial charge on any atom is -0.310 e. The molecule has 2 aliphatic rings. The maximum Gasteiger partial charge on any atom is 0.0132 e. The van der Waals surface area contributed by atoms with E-state index in [1.54, 1.807) is 0 Å². The lowest BCUT2D eigenvalue weighted by Gasteiger charge is -2.33. The Morgan fingerprint density at radius 1 is 1.40 bits per heavy atom. The molecule has 0 spiro atoms. The van der Waals surface area contributed by atoms with Crippen molar-refractivity contribution in [3.63, 3.8) is 0 Å². The Morgan fingerprint density at radius 3 is 3.00 bits per heavy atom. The Morgan fingerprint density at radius 2 is 2.20 bits per heavy atom. The van der Waals surface area contributed by atoms with Crippen LogP contribution in [0.15, 0.2) is 0 Å². The number of nitrogens with zero attached hydrogens (tertiary/aromatic N) is 1. The summed E-state index contributed by atoms with van der Waals surface area (Å²) >= 11 is 2.05. The van der Waals surface area contributed by atoms with E-state index in [4.69, 9.17) is 0 Å². The van der Waals surface area contributed by atoms with Crippen molar-refractivity contribution >= 4 is 11.8 Å². The van der Waals surface area contributed by atoms with Gasteiger partial charge in [0.25, 0.3) is 0 Å². The molecule has 4 unspecified atom stereocenters. The normalized spacial score (nSPS) is 36.8. The highest BCUT2D eigenvalue weighted by atomic mass is 32.2. The molecule has 0 saturated carbocycles. The highest BCUT2D eigenvalue weighted by Gasteiger charge is 2.34. The molecular weight excluding hydrogens is 204 g/mol. The molecule has 4 atom stereocenters. The van der Waals surface area contributed by atoms with Crippen LogP contribution in [0.4, 0.5) is 0 Å². The highest BCUT2D eigenvalue weighted by Crippen LogP contribution is 2.27.